The Morgan fingerprint density at radius 3 is 1.65 bits per heavy atom. The van der Waals surface area contributed by atoms with Crippen LogP contribution in [0.2, 0.25) is 0 Å². The highest BCUT2D eigenvalue weighted by Gasteiger charge is 2.52. The zero-order valence-corrected chi connectivity index (χ0v) is 25.5. The molecule has 3 aromatic heterocycles. The van der Waals surface area contributed by atoms with Crippen LogP contribution in [0.3, 0.4) is 0 Å². The van der Waals surface area contributed by atoms with Crippen LogP contribution in [-0.4, -0.2) is 27.6 Å². The van der Waals surface area contributed by atoms with E-state index in [1.54, 1.807) is 0 Å². The van der Waals surface area contributed by atoms with Gasteiger partial charge in [0.25, 0.3) is 0 Å². The van der Waals surface area contributed by atoms with Gasteiger partial charge in [-0.3, -0.25) is 4.57 Å². The van der Waals surface area contributed by atoms with Gasteiger partial charge in [-0.1, -0.05) is 78.9 Å². The minimum atomic E-state index is -3.00. The fraction of sp³-hybridized carbons (Fsp3) is 0. The molecule has 0 radical (unpaired) electrons. The summed E-state index contributed by atoms with van der Waals surface area (Å²) in [5, 5.41) is 3.68. The molecule has 0 unspecified atom stereocenters. The zero-order chi connectivity index (χ0) is 30.2. The molecule has 6 nitrogen and oxygen atoms in total. The first-order chi connectivity index (χ1) is 22.8. The fourth-order valence-corrected chi connectivity index (χ4v) is 12.1. The maximum atomic E-state index is 6.27. The second-order valence-corrected chi connectivity index (χ2v) is 15.3. The standard InChI is InChI=1S/C39H24N4O2Si/c1-4-18-32-29(15-1)42-39-43(32)33-19-5-8-22-36(33)46(39,27-13-9-11-25(23-27)37-40-30-16-2-6-20-34(30)44-37)28-14-10-12-26(24-28)38-41-31-17-3-7-21-35(31)45-38/h1-24H. The number of aromatic nitrogens is 4. The second kappa shape index (κ2) is 9.47. The van der Waals surface area contributed by atoms with E-state index in [1.807, 2.05) is 48.5 Å². The predicted octanol–water partition coefficient (Wildman–Crippen LogP) is 6.33. The molecule has 46 heavy (non-hydrogen) atoms. The van der Waals surface area contributed by atoms with Gasteiger partial charge in [-0.2, -0.15) is 0 Å². The molecule has 0 saturated heterocycles. The Balaban J connectivity index is 1.28. The van der Waals surface area contributed by atoms with Crippen LogP contribution < -0.4 is 21.0 Å². The van der Waals surface area contributed by atoms with Crippen LogP contribution in [0, 0.1) is 0 Å². The summed E-state index contributed by atoms with van der Waals surface area (Å²) in [6.07, 6.45) is 0. The molecule has 1 aliphatic rings. The summed E-state index contributed by atoms with van der Waals surface area (Å²) < 4.78 is 14.9. The quantitative estimate of drug-likeness (QED) is 0.218. The molecule has 10 rings (SSSR count). The van der Waals surface area contributed by atoms with Gasteiger partial charge in [0.2, 0.25) is 19.9 Å². The van der Waals surface area contributed by atoms with E-state index in [0.717, 1.165) is 55.5 Å². The van der Waals surface area contributed by atoms with Crippen molar-refractivity contribution in [2.75, 3.05) is 0 Å². The summed E-state index contributed by atoms with van der Waals surface area (Å²) in [6.45, 7) is 0. The van der Waals surface area contributed by atoms with Crippen LogP contribution in [-0.2, 0) is 0 Å². The van der Waals surface area contributed by atoms with E-state index in [9.17, 15) is 0 Å². The molecule has 7 heteroatoms. The molecule has 0 atom stereocenters. The lowest BCUT2D eigenvalue weighted by molar-refractivity contribution is 0.619. The van der Waals surface area contributed by atoms with Crippen LogP contribution >= 0.6 is 0 Å². The maximum absolute atomic E-state index is 6.27. The number of imidazole rings is 1. The normalized spacial score (nSPS) is 13.4. The first-order valence-corrected chi connectivity index (χ1v) is 17.3. The van der Waals surface area contributed by atoms with Crippen LogP contribution in [0.25, 0.3) is 61.8 Å². The van der Waals surface area contributed by atoms with Crippen molar-refractivity contribution < 1.29 is 8.83 Å². The maximum Gasteiger partial charge on any atom is 0.227 e. The number of benzene rings is 6. The first-order valence-electron chi connectivity index (χ1n) is 15.3. The van der Waals surface area contributed by atoms with Crippen molar-refractivity contribution in [3.8, 4) is 28.6 Å². The lowest BCUT2D eigenvalue weighted by Crippen LogP contribution is -2.73. The molecule has 4 heterocycles. The van der Waals surface area contributed by atoms with Gasteiger partial charge in [0.05, 0.1) is 11.0 Å². The molecule has 1 aliphatic heterocycles. The molecule has 0 N–H and O–H groups in total. The lowest BCUT2D eigenvalue weighted by atomic mass is 10.2. The molecule has 0 saturated carbocycles. The fourth-order valence-electron chi connectivity index (χ4n) is 7.13. The molecule has 0 bridgehead atoms. The van der Waals surface area contributed by atoms with E-state index in [4.69, 9.17) is 23.8 Å². The van der Waals surface area contributed by atoms with Gasteiger partial charge in [-0.05, 0) is 82.3 Å². The van der Waals surface area contributed by atoms with Gasteiger partial charge < -0.3 is 8.83 Å². The highest BCUT2D eigenvalue weighted by molar-refractivity contribution is 7.20. The summed E-state index contributed by atoms with van der Waals surface area (Å²) in [4.78, 5) is 15.1. The van der Waals surface area contributed by atoms with Crippen molar-refractivity contribution in [1.29, 1.82) is 0 Å². The molecule has 9 aromatic rings. The molecule has 0 amide bonds. The van der Waals surface area contributed by atoms with Crippen molar-refractivity contribution in [2.24, 2.45) is 0 Å². The first kappa shape index (κ1) is 25.3. The summed E-state index contributed by atoms with van der Waals surface area (Å²) >= 11 is 0. The summed E-state index contributed by atoms with van der Waals surface area (Å²) in [5.41, 5.74) is 9.41. The number of fused-ring (bicyclic) bond motifs is 7. The second-order valence-electron chi connectivity index (χ2n) is 11.7. The molecule has 216 valence electrons. The third kappa shape index (κ3) is 3.48. The van der Waals surface area contributed by atoms with Crippen molar-refractivity contribution in [3.05, 3.63) is 146 Å². The molecular formula is C39H24N4O2Si. The molecule has 6 aromatic carbocycles. The third-order valence-electron chi connectivity index (χ3n) is 9.12. The van der Waals surface area contributed by atoms with E-state index in [1.165, 1.54) is 15.6 Å². The van der Waals surface area contributed by atoms with Crippen molar-refractivity contribution in [2.45, 2.75) is 0 Å². The van der Waals surface area contributed by atoms with Crippen molar-refractivity contribution in [1.82, 2.24) is 19.5 Å². The van der Waals surface area contributed by atoms with Crippen LogP contribution in [0.1, 0.15) is 0 Å². The van der Waals surface area contributed by atoms with Gasteiger partial charge in [-0.25, -0.2) is 15.0 Å². The van der Waals surface area contributed by atoms with Gasteiger partial charge in [0, 0.05) is 16.8 Å². The Kier molecular flexibility index (Phi) is 5.21. The number of oxazole rings is 2. The smallest absolute Gasteiger partial charge is 0.227 e. The number of hydrogen-bond acceptors (Lipinski definition) is 5. The number of rotatable bonds is 4. The Bertz CT molecular complexity index is 2450. The van der Waals surface area contributed by atoms with E-state index >= 15 is 0 Å². The van der Waals surface area contributed by atoms with Crippen LogP contribution in [0.15, 0.2) is 154 Å². The summed E-state index contributed by atoms with van der Waals surface area (Å²) in [6, 6.07) is 50.4. The SMILES string of the molecule is c1cc(-c2nc3ccccc3o2)cc([Si]2(c3cccc(-c4nc5ccccc5o4)c3)c3ccccc3-n3c2nc2ccccc23)c1. The number of hydrogen-bond donors (Lipinski definition) is 0. The Labute approximate surface area is 264 Å². The average Bonchev–Trinajstić information content (AvgIpc) is 3.89. The summed E-state index contributed by atoms with van der Waals surface area (Å²) in [5.74, 6) is 1.21. The van der Waals surface area contributed by atoms with Gasteiger partial charge in [0.15, 0.2) is 11.2 Å². The predicted molar refractivity (Wildman–Crippen MR) is 184 cm³/mol. The Morgan fingerprint density at radius 2 is 1.02 bits per heavy atom. The van der Waals surface area contributed by atoms with Gasteiger partial charge >= 0.3 is 0 Å². The Hall–Kier alpha value is -6.05. The van der Waals surface area contributed by atoms with E-state index in [-0.39, 0.29) is 0 Å². The summed E-state index contributed by atoms with van der Waals surface area (Å²) in [7, 11) is -3.00. The monoisotopic (exact) mass is 608 g/mol. The average molecular weight is 609 g/mol. The largest absolute Gasteiger partial charge is 0.436 e. The lowest BCUT2D eigenvalue weighted by Gasteiger charge is -2.28. The minimum absolute atomic E-state index is 0.604. The third-order valence-corrected chi connectivity index (χ3v) is 13.7. The van der Waals surface area contributed by atoms with Crippen molar-refractivity contribution >= 4 is 62.3 Å². The Morgan fingerprint density at radius 1 is 0.478 bits per heavy atom. The van der Waals surface area contributed by atoms with Gasteiger partial charge in [0.1, 0.15) is 16.5 Å². The minimum Gasteiger partial charge on any atom is -0.436 e. The molecule has 0 spiro atoms. The zero-order valence-electron chi connectivity index (χ0n) is 24.5. The van der Waals surface area contributed by atoms with E-state index < -0.39 is 8.07 Å². The van der Waals surface area contributed by atoms with E-state index in [2.05, 4.69) is 102 Å². The van der Waals surface area contributed by atoms with Gasteiger partial charge in [-0.15, -0.1) is 0 Å². The van der Waals surface area contributed by atoms with Crippen LogP contribution in [0.4, 0.5) is 0 Å². The highest BCUT2D eigenvalue weighted by atomic mass is 28.3. The molecule has 0 aliphatic carbocycles. The van der Waals surface area contributed by atoms with E-state index in [0.29, 0.717) is 11.8 Å². The van der Waals surface area contributed by atoms with Crippen LogP contribution in [0.5, 0.6) is 0 Å². The number of nitrogens with zero attached hydrogens (tertiary/aromatic N) is 4. The topological polar surface area (TPSA) is 69.9 Å². The highest BCUT2D eigenvalue weighted by Crippen LogP contribution is 2.30. The molecular weight excluding hydrogens is 585 g/mol. The number of para-hydroxylation sites is 7. The van der Waals surface area contributed by atoms with Crippen molar-refractivity contribution in [3.63, 3.8) is 0 Å². The molecule has 0 fully saturated rings.